The Kier molecular flexibility index (Phi) is 57.0. The van der Waals surface area contributed by atoms with Gasteiger partial charge in [0.25, 0.3) is 0 Å². The number of aliphatic hydroxyl groups excluding tert-OH is 2. The predicted molar refractivity (Wildman–Crippen MR) is 297 cm³/mol. The van der Waals surface area contributed by atoms with Gasteiger partial charge >= 0.3 is 5.97 Å². The molecule has 0 radical (unpaired) electrons. The maximum absolute atomic E-state index is 12.5. The minimum atomic E-state index is -0.686. The van der Waals surface area contributed by atoms with Crippen molar-refractivity contribution in [3.63, 3.8) is 0 Å². The van der Waals surface area contributed by atoms with E-state index in [4.69, 9.17) is 4.74 Å². The highest BCUT2D eigenvalue weighted by Gasteiger charge is 2.20. The Morgan fingerprint density at radius 1 is 0.397 bits per heavy atom. The first-order chi connectivity index (χ1) is 33.5. The maximum Gasteiger partial charge on any atom is 0.305 e. The van der Waals surface area contributed by atoms with Gasteiger partial charge in [0.1, 0.15) is 0 Å². The van der Waals surface area contributed by atoms with Gasteiger partial charge in [0, 0.05) is 12.8 Å². The molecule has 3 N–H and O–H groups in total. The van der Waals surface area contributed by atoms with E-state index in [0.29, 0.717) is 25.9 Å². The summed E-state index contributed by atoms with van der Waals surface area (Å²) in [5.41, 5.74) is 0. The average molecular weight is 961 g/mol. The molecule has 6 nitrogen and oxygen atoms in total. The number of rotatable bonds is 58. The Labute approximate surface area is 425 Å². The van der Waals surface area contributed by atoms with Crippen molar-refractivity contribution in [2.24, 2.45) is 0 Å². The molecule has 0 aromatic heterocycles. The van der Waals surface area contributed by atoms with E-state index in [1.807, 2.05) is 0 Å². The number of amides is 1. The third-order valence-electron chi connectivity index (χ3n) is 14.6. The lowest BCUT2D eigenvalue weighted by Crippen LogP contribution is -2.45. The number of carbonyl (C=O) groups is 2. The first-order valence-corrected chi connectivity index (χ1v) is 30.9. The summed E-state index contributed by atoms with van der Waals surface area (Å²) in [4.78, 5) is 24.6. The van der Waals surface area contributed by atoms with Crippen LogP contribution in [0.2, 0.25) is 0 Å². The zero-order chi connectivity index (χ0) is 49.3. The molecule has 0 fully saturated rings. The van der Waals surface area contributed by atoms with Crippen molar-refractivity contribution >= 4 is 11.9 Å². The summed E-state index contributed by atoms with van der Waals surface area (Å²) in [6.45, 7) is 4.90. The number of ether oxygens (including phenoxy) is 1. The molecular weight excluding hydrogens is 839 g/mol. The Morgan fingerprint density at radius 2 is 0.691 bits per heavy atom. The molecule has 0 aliphatic rings. The van der Waals surface area contributed by atoms with Crippen LogP contribution in [-0.4, -0.2) is 47.4 Å². The van der Waals surface area contributed by atoms with E-state index in [0.717, 1.165) is 77.0 Å². The number of nitrogens with one attached hydrogen (secondary N) is 1. The number of unbranched alkanes of at least 4 members (excludes halogenated alkanes) is 45. The second-order valence-corrected chi connectivity index (χ2v) is 21.4. The molecule has 0 aromatic rings. The van der Waals surface area contributed by atoms with Crippen LogP contribution in [0.25, 0.3) is 0 Å². The lowest BCUT2D eigenvalue weighted by molar-refractivity contribution is -0.143. The number of carbonyl (C=O) groups excluding carboxylic acids is 2. The summed E-state index contributed by atoms with van der Waals surface area (Å²) in [5, 5.41) is 23.3. The SMILES string of the molecule is CCCCCCCCCCCCCCCCCCCCCCCCC(O)C(CO)NC(=O)CCCCCC/C=C\CCCCOC(=O)CCCCCCCCCCCCCCCCCCCCC. The molecule has 1 amide bonds. The molecule has 2 unspecified atom stereocenters. The predicted octanol–water partition coefficient (Wildman–Crippen LogP) is 19.2. The smallest absolute Gasteiger partial charge is 0.305 e. The van der Waals surface area contributed by atoms with Crippen molar-refractivity contribution in [2.45, 2.75) is 360 Å². The molecule has 0 saturated carbocycles. The molecule has 0 aliphatic carbocycles. The zero-order valence-corrected chi connectivity index (χ0v) is 46.1. The van der Waals surface area contributed by atoms with Gasteiger partial charge < -0.3 is 20.3 Å². The van der Waals surface area contributed by atoms with Gasteiger partial charge in [-0.25, -0.2) is 0 Å². The molecule has 0 saturated heterocycles. The van der Waals surface area contributed by atoms with E-state index < -0.39 is 12.1 Å². The second kappa shape index (κ2) is 58.2. The van der Waals surface area contributed by atoms with Crippen LogP contribution in [0.1, 0.15) is 348 Å². The van der Waals surface area contributed by atoms with E-state index in [9.17, 15) is 19.8 Å². The molecule has 0 aromatic carbocycles. The van der Waals surface area contributed by atoms with Gasteiger partial charge in [-0.2, -0.15) is 0 Å². The fourth-order valence-corrected chi connectivity index (χ4v) is 9.81. The highest BCUT2D eigenvalue weighted by molar-refractivity contribution is 5.76. The third kappa shape index (κ3) is 53.9. The summed E-state index contributed by atoms with van der Waals surface area (Å²) in [6, 6.07) is -0.567. The van der Waals surface area contributed by atoms with Gasteiger partial charge in [0.2, 0.25) is 5.91 Å². The lowest BCUT2D eigenvalue weighted by Gasteiger charge is -2.22. The number of esters is 1. The highest BCUT2D eigenvalue weighted by atomic mass is 16.5. The molecule has 68 heavy (non-hydrogen) atoms. The monoisotopic (exact) mass is 960 g/mol. The van der Waals surface area contributed by atoms with Crippen LogP contribution in [0.15, 0.2) is 12.2 Å². The molecule has 0 aliphatic heterocycles. The van der Waals surface area contributed by atoms with E-state index in [1.165, 1.54) is 238 Å². The lowest BCUT2D eigenvalue weighted by atomic mass is 10.0. The third-order valence-corrected chi connectivity index (χ3v) is 14.6. The Balaban J connectivity index is 3.47. The fraction of sp³-hybridized carbons (Fsp3) is 0.935. The van der Waals surface area contributed by atoms with E-state index in [-0.39, 0.29) is 18.5 Å². The van der Waals surface area contributed by atoms with Gasteiger partial charge in [0.15, 0.2) is 0 Å². The van der Waals surface area contributed by atoms with Gasteiger partial charge in [-0.1, -0.05) is 296 Å². The average Bonchev–Trinajstić information content (AvgIpc) is 3.34. The van der Waals surface area contributed by atoms with Crippen molar-refractivity contribution in [3.8, 4) is 0 Å². The number of allylic oxidation sites excluding steroid dienone is 2. The molecule has 0 heterocycles. The van der Waals surface area contributed by atoms with E-state index in [1.54, 1.807) is 0 Å². The second-order valence-electron chi connectivity index (χ2n) is 21.4. The quantitative estimate of drug-likeness (QED) is 0.0321. The molecule has 2 atom stereocenters. The van der Waals surface area contributed by atoms with Crippen LogP contribution >= 0.6 is 0 Å². The molecule has 0 rings (SSSR count). The first-order valence-electron chi connectivity index (χ1n) is 30.9. The molecule has 404 valence electrons. The summed E-state index contributed by atoms with van der Waals surface area (Å²) in [7, 11) is 0. The van der Waals surface area contributed by atoms with Crippen LogP contribution in [-0.2, 0) is 14.3 Å². The van der Waals surface area contributed by atoms with Gasteiger partial charge in [-0.15, -0.1) is 0 Å². The molecule has 0 spiro atoms. The van der Waals surface area contributed by atoms with Gasteiger partial charge in [-0.3, -0.25) is 9.59 Å². The number of hydrogen-bond donors (Lipinski definition) is 3. The van der Waals surface area contributed by atoms with Crippen LogP contribution in [0, 0.1) is 0 Å². The van der Waals surface area contributed by atoms with Gasteiger partial charge in [0.05, 0.1) is 25.4 Å². The molecular formula is C62H121NO5. The highest BCUT2D eigenvalue weighted by Crippen LogP contribution is 2.18. The summed E-state index contributed by atoms with van der Waals surface area (Å²) >= 11 is 0. The Bertz CT molecular complexity index is 1020. The van der Waals surface area contributed by atoms with Crippen LogP contribution in [0.5, 0.6) is 0 Å². The van der Waals surface area contributed by atoms with Crippen molar-refractivity contribution < 1.29 is 24.5 Å². The normalized spacial score (nSPS) is 12.6. The largest absolute Gasteiger partial charge is 0.466 e. The van der Waals surface area contributed by atoms with Crippen molar-refractivity contribution in [2.75, 3.05) is 13.2 Å². The maximum atomic E-state index is 12.5. The Morgan fingerprint density at radius 3 is 1.04 bits per heavy atom. The minimum Gasteiger partial charge on any atom is -0.466 e. The van der Waals surface area contributed by atoms with Crippen LogP contribution < -0.4 is 5.32 Å². The van der Waals surface area contributed by atoms with E-state index >= 15 is 0 Å². The van der Waals surface area contributed by atoms with Gasteiger partial charge in [-0.05, 0) is 51.4 Å². The minimum absolute atomic E-state index is 0.0302. The van der Waals surface area contributed by atoms with Crippen molar-refractivity contribution in [1.82, 2.24) is 5.32 Å². The molecule has 6 heteroatoms. The Hall–Kier alpha value is -1.40. The van der Waals surface area contributed by atoms with Crippen LogP contribution in [0.4, 0.5) is 0 Å². The number of aliphatic hydroxyl groups is 2. The molecule has 0 bridgehead atoms. The fourth-order valence-electron chi connectivity index (χ4n) is 9.81. The topological polar surface area (TPSA) is 95.9 Å². The van der Waals surface area contributed by atoms with Crippen molar-refractivity contribution in [3.05, 3.63) is 12.2 Å². The summed E-state index contributed by atoms with van der Waals surface area (Å²) < 4.78 is 5.46. The van der Waals surface area contributed by atoms with E-state index in [2.05, 4.69) is 31.3 Å². The zero-order valence-electron chi connectivity index (χ0n) is 46.1. The first kappa shape index (κ1) is 66.6. The summed E-state index contributed by atoms with van der Waals surface area (Å²) in [5.74, 6) is -0.0964. The van der Waals surface area contributed by atoms with Crippen molar-refractivity contribution in [1.29, 1.82) is 0 Å². The summed E-state index contributed by atoms with van der Waals surface area (Å²) in [6.07, 6.45) is 69.4. The number of hydrogen-bond acceptors (Lipinski definition) is 5. The van der Waals surface area contributed by atoms with Crippen LogP contribution in [0.3, 0.4) is 0 Å². The standard InChI is InChI=1S/C62H121NO5/c1-3-5-7-9-11-13-15-17-19-21-23-24-25-27-28-30-32-34-38-42-46-50-54-60(65)59(58-64)63-61(66)55-51-47-43-39-36-37-41-45-49-53-57-68-62(67)56-52-48-44-40-35-33-31-29-26-22-20-18-16-14-12-10-8-6-4-2/h37,41,59-60,64-65H,3-36,38-40,42-58H2,1-2H3,(H,63,66)/b41-37-.